The minimum absolute atomic E-state index is 0.138. The molecule has 1 amide bonds. The van der Waals surface area contributed by atoms with Gasteiger partial charge >= 0.3 is 5.97 Å². The van der Waals surface area contributed by atoms with Gasteiger partial charge in [-0.05, 0) is 48.7 Å². The van der Waals surface area contributed by atoms with Crippen molar-refractivity contribution in [3.05, 3.63) is 96.1 Å². The van der Waals surface area contributed by atoms with E-state index in [-0.39, 0.29) is 30.4 Å². The van der Waals surface area contributed by atoms with E-state index in [9.17, 15) is 18.0 Å². The van der Waals surface area contributed by atoms with Gasteiger partial charge < -0.3 is 10.1 Å². The van der Waals surface area contributed by atoms with E-state index in [0.717, 1.165) is 11.1 Å². The molecule has 0 aromatic heterocycles. The minimum Gasteiger partial charge on any atom is -0.466 e. The number of anilines is 1. The summed E-state index contributed by atoms with van der Waals surface area (Å²) < 4.78 is 32.6. The lowest BCUT2D eigenvalue weighted by Gasteiger charge is -2.22. The van der Waals surface area contributed by atoms with Crippen molar-refractivity contribution in [1.82, 2.24) is 4.31 Å². The van der Waals surface area contributed by atoms with Crippen molar-refractivity contribution >= 4 is 27.6 Å². The maximum absolute atomic E-state index is 13.2. The number of sulfonamides is 1. The third kappa shape index (κ3) is 7.26. The summed E-state index contributed by atoms with van der Waals surface area (Å²) in [7, 11) is -3.86. The Hall–Kier alpha value is -3.49. The highest BCUT2D eigenvalue weighted by Gasteiger charge is 2.26. The average Bonchev–Trinajstić information content (AvgIpc) is 2.84. The van der Waals surface area contributed by atoms with Gasteiger partial charge in [-0.15, -0.1) is 0 Å². The van der Waals surface area contributed by atoms with Crippen LogP contribution in [0, 0.1) is 0 Å². The number of nitrogens with zero attached hydrogens (tertiary/aromatic N) is 1. The molecule has 7 nitrogen and oxygen atoms in total. The highest BCUT2D eigenvalue weighted by atomic mass is 32.2. The highest BCUT2D eigenvalue weighted by molar-refractivity contribution is 7.89. The molecule has 0 heterocycles. The van der Waals surface area contributed by atoms with Crippen LogP contribution in [0.3, 0.4) is 0 Å². The molecule has 0 aliphatic heterocycles. The van der Waals surface area contributed by atoms with Crippen molar-refractivity contribution in [2.45, 2.75) is 24.7 Å². The van der Waals surface area contributed by atoms with Crippen LogP contribution in [-0.2, 0) is 37.2 Å². The smallest absolute Gasteiger partial charge is 0.310 e. The van der Waals surface area contributed by atoms with Gasteiger partial charge in [0.25, 0.3) is 0 Å². The molecule has 178 valence electrons. The fraction of sp³-hybridized carbons (Fsp3) is 0.231. The number of esters is 1. The van der Waals surface area contributed by atoms with Crippen molar-refractivity contribution < 1.29 is 22.7 Å². The maximum Gasteiger partial charge on any atom is 0.310 e. The number of carbonyl (C=O) groups excluding carboxylic acids is 2. The Kier molecular flexibility index (Phi) is 8.95. The van der Waals surface area contributed by atoms with Crippen molar-refractivity contribution in [3.8, 4) is 0 Å². The van der Waals surface area contributed by atoms with E-state index in [1.54, 1.807) is 49.4 Å². The third-order valence-electron chi connectivity index (χ3n) is 5.09. The van der Waals surface area contributed by atoms with Gasteiger partial charge in [-0.2, -0.15) is 4.31 Å². The van der Waals surface area contributed by atoms with Crippen LogP contribution < -0.4 is 5.32 Å². The molecule has 1 N–H and O–H groups in total. The first kappa shape index (κ1) is 25.1. The molecule has 8 heteroatoms. The average molecular weight is 481 g/mol. The summed E-state index contributed by atoms with van der Waals surface area (Å²) in [4.78, 5) is 24.5. The summed E-state index contributed by atoms with van der Waals surface area (Å²) in [5.74, 6) is -0.773. The standard InChI is InChI=1S/C26H28N2O5S/c1-2-33-26(30)19-22-13-15-23(16-14-22)27-25(29)20-28(18-17-21-9-5-3-6-10-21)34(31,32)24-11-7-4-8-12-24/h3-16H,2,17-20H2,1H3,(H,27,29). The Balaban J connectivity index is 1.70. The summed E-state index contributed by atoms with van der Waals surface area (Å²) in [6.07, 6.45) is 0.618. The lowest BCUT2D eigenvalue weighted by atomic mass is 10.1. The molecule has 0 saturated heterocycles. The van der Waals surface area contributed by atoms with Crippen molar-refractivity contribution in [1.29, 1.82) is 0 Å². The molecule has 0 unspecified atom stereocenters. The minimum atomic E-state index is -3.86. The zero-order valence-corrected chi connectivity index (χ0v) is 19.8. The van der Waals surface area contributed by atoms with Crippen LogP contribution in [0.25, 0.3) is 0 Å². The number of ether oxygens (including phenoxy) is 1. The number of benzene rings is 3. The van der Waals surface area contributed by atoms with Crippen LogP contribution in [0.2, 0.25) is 0 Å². The van der Waals surface area contributed by atoms with Gasteiger partial charge in [0.1, 0.15) is 0 Å². The molecule has 0 saturated carbocycles. The van der Waals surface area contributed by atoms with Gasteiger partial charge in [0, 0.05) is 12.2 Å². The molecule has 0 atom stereocenters. The molecule has 3 rings (SSSR count). The molecule has 0 radical (unpaired) electrons. The summed E-state index contributed by atoms with van der Waals surface area (Å²) in [6, 6.07) is 24.4. The van der Waals surface area contributed by atoms with Gasteiger partial charge in [0.05, 0.1) is 24.5 Å². The van der Waals surface area contributed by atoms with Gasteiger partial charge in [-0.3, -0.25) is 9.59 Å². The van der Waals surface area contributed by atoms with Gasteiger partial charge in [-0.25, -0.2) is 8.42 Å². The quantitative estimate of drug-likeness (QED) is 0.423. The van der Waals surface area contributed by atoms with E-state index < -0.39 is 15.9 Å². The number of nitrogens with one attached hydrogen (secondary N) is 1. The Morgan fingerprint density at radius 2 is 1.47 bits per heavy atom. The van der Waals surface area contributed by atoms with Crippen LogP contribution >= 0.6 is 0 Å². The predicted octanol–water partition coefficient (Wildman–Crippen LogP) is 3.66. The third-order valence-corrected chi connectivity index (χ3v) is 6.94. The Bertz CT molecular complexity index is 1180. The van der Waals surface area contributed by atoms with Gasteiger partial charge in [0.2, 0.25) is 15.9 Å². The molecule has 0 aliphatic carbocycles. The highest BCUT2D eigenvalue weighted by Crippen LogP contribution is 2.17. The van der Waals surface area contributed by atoms with Gasteiger partial charge in [-0.1, -0.05) is 60.7 Å². The van der Waals surface area contributed by atoms with Crippen molar-refractivity contribution in [2.24, 2.45) is 0 Å². The van der Waals surface area contributed by atoms with E-state index in [4.69, 9.17) is 4.74 Å². The zero-order valence-electron chi connectivity index (χ0n) is 19.0. The lowest BCUT2D eigenvalue weighted by molar-refractivity contribution is -0.142. The predicted molar refractivity (Wildman–Crippen MR) is 131 cm³/mol. The summed E-state index contributed by atoms with van der Waals surface area (Å²) >= 11 is 0. The molecule has 34 heavy (non-hydrogen) atoms. The first-order valence-electron chi connectivity index (χ1n) is 11.0. The van der Waals surface area contributed by atoms with Crippen molar-refractivity contribution in [2.75, 3.05) is 25.0 Å². The molecule has 3 aromatic carbocycles. The number of hydrogen-bond acceptors (Lipinski definition) is 5. The largest absolute Gasteiger partial charge is 0.466 e. The summed E-state index contributed by atoms with van der Waals surface area (Å²) in [5, 5.41) is 2.74. The summed E-state index contributed by atoms with van der Waals surface area (Å²) in [5.41, 5.74) is 2.25. The van der Waals surface area contributed by atoms with Crippen LogP contribution in [-0.4, -0.2) is 44.3 Å². The maximum atomic E-state index is 13.2. The first-order chi connectivity index (χ1) is 16.4. The second kappa shape index (κ2) is 12.1. The van der Waals surface area contributed by atoms with E-state index in [1.807, 2.05) is 30.3 Å². The van der Waals surface area contributed by atoms with E-state index >= 15 is 0 Å². The second-order valence-electron chi connectivity index (χ2n) is 7.61. The van der Waals surface area contributed by atoms with E-state index in [0.29, 0.717) is 18.7 Å². The van der Waals surface area contributed by atoms with E-state index in [1.165, 1.54) is 16.4 Å². The molecular weight excluding hydrogens is 452 g/mol. The second-order valence-corrected chi connectivity index (χ2v) is 9.55. The molecular formula is C26H28N2O5S. The van der Waals surface area contributed by atoms with Crippen LogP contribution in [0.5, 0.6) is 0 Å². The Labute approximate surface area is 200 Å². The molecule has 0 bridgehead atoms. The normalized spacial score (nSPS) is 11.2. The number of amides is 1. The van der Waals surface area contributed by atoms with Crippen molar-refractivity contribution in [3.63, 3.8) is 0 Å². The fourth-order valence-electron chi connectivity index (χ4n) is 3.37. The number of rotatable bonds is 11. The number of hydrogen-bond donors (Lipinski definition) is 1. The molecule has 0 aliphatic rings. The molecule has 0 spiro atoms. The SMILES string of the molecule is CCOC(=O)Cc1ccc(NC(=O)CN(CCc2ccccc2)S(=O)(=O)c2ccccc2)cc1. The fourth-order valence-corrected chi connectivity index (χ4v) is 4.79. The monoisotopic (exact) mass is 480 g/mol. The lowest BCUT2D eigenvalue weighted by Crippen LogP contribution is -2.39. The first-order valence-corrected chi connectivity index (χ1v) is 12.5. The molecule has 3 aromatic rings. The Morgan fingerprint density at radius 3 is 2.09 bits per heavy atom. The van der Waals surface area contributed by atoms with Crippen LogP contribution in [0.15, 0.2) is 89.8 Å². The van der Waals surface area contributed by atoms with Crippen LogP contribution in [0.4, 0.5) is 5.69 Å². The molecule has 0 fully saturated rings. The topological polar surface area (TPSA) is 92.8 Å². The van der Waals surface area contributed by atoms with Gasteiger partial charge in [0.15, 0.2) is 0 Å². The van der Waals surface area contributed by atoms with E-state index in [2.05, 4.69) is 5.32 Å². The summed E-state index contributed by atoms with van der Waals surface area (Å²) in [6.45, 7) is 1.90. The zero-order chi connectivity index (χ0) is 24.4. The van der Waals surface area contributed by atoms with Crippen LogP contribution in [0.1, 0.15) is 18.1 Å². The number of carbonyl (C=O) groups is 2. The Morgan fingerprint density at radius 1 is 0.853 bits per heavy atom.